The first kappa shape index (κ1) is 18.9. The van der Waals surface area contributed by atoms with Crippen LogP contribution in [0.2, 0.25) is 0 Å². The standard InChI is InChI=1S/C21H25FN4O/c1-12-5-4-6-18(22)20(12)14-7-13(2)16(9-19(23)24)17(8-14)21(27)25-15-10-26(3)11-15/h4-9,15H,10-11,23-24H2,1-3H3,(H,25,27). The van der Waals surface area contributed by atoms with Crippen molar-refractivity contribution in [1.82, 2.24) is 10.2 Å². The fourth-order valence-electron chi connectivity index (χ4n) is 3.54. The van der Waals surface area contributed by atoms with Crippen molar-refractivity contribution in [2.45, 2.75) is 19.9 Å². The highest BCUT2D eigenvalue weighted by Gasteiger charge is 2.26. The molecule has 0 radical (unpaired) electrons. The van der Waals surface area contributed by atoms with Crippen LogP contribution >= 0.6 is 0 Å². The summed E-state index contributed by atoms with van der Waals surface area (Å²) in [4.78, 5) is 15.0. The van der Waals surface area contributed by atoms with Crippen molar-refractivity contribution in [3.63, 3.8) is 0 Å². The van der Waals surface area contributed by atoms with Crippen molar-refractivity contribution in [2.24, 2.45) is 11.5 Å². The number of nitrogens with two attached hydrogens (primary N) is 2. The van der Waals surface area contributed by atoms with Gasteiger partial charge in [0.15, 0.2) is 0 Å². The molecule has 5 nitrogen and oxygen atoms in total. The number of nitrogens with one attached hydrogen (secondary N) is 1. The number of likely N-dealkylation sites (N-methyl/N-ethyl adjacent to an activating group) is 1. The normalized spacial score (nSPS) is 14.5. The van der Waals surface area contributed by atoms with Crippen molar-refractivity contribution >= 4 is 12.0 Å². The lowest BCUT2D eigenvalue weighted by atomic mass is 9.92. The summed E-state index contributed by atoms with van der Waals surface area (Å²) in [6.07, 6.45) is 1.58. The molecule has 1 fully saturated rings. The highest BCUT2D eigenvalue weighted by atomic mass is 19.1. The van der Waals surface area contributed by atoms with E-state index < -0.39 is 0 Å². The molecule has 2 aromatic carbocycles. The number of halogens is 1. The van der Waals surface area contributed by atoms with E-state index in [1.54, 1.807) is 18.2 Å². The second-order valence-electron chi connectivity index (χ2n) is 7.22. The number of benzene rings is 2. The molecule has 1 heterocycles. The molecule has 5 N–H and O–H groups in total. The maximum absolute atomic E-state index is 14.5. The van der Waals surface area contributed by atoms with Gasteiger partial charge in [0.25, 0.3) is 5.91 Å². The quantitative estimate of drug-likeness (QED) is 0.774. The Labute approximate surface area is 158 Å². The SMILES string of the molecule is Cc1cc(-c2c(C)cccc2F)cc(C(=O)NC2CN(C)C2)c1C=C(N)N. The molecule has 0 unspecified atom stereocenters. The van der Waals surface area contributed by atoms with Crippen LogP contribution in [0.25, 0.3) is 17.2 Å². The first-order valence-corrected chi connectivity index (χ1v) is 8.88. The Kier molecular flexibility index (Phi) is 5.19. The Morgan fingerprint density at radius 2 is 1.93 bits per heavy atom. The fraction of sp³-hybridized carbons (Fsp3) is 0.286. The minimum Gasteiger partial charge on any atom is -0.386 e. The van der Waals surface area contributed by atoms with Gasteiger partial charge in [0.1, 0.15) is 5.82 Å². The van der Waals surface area contributed by atoms with E-state index in [0.717, 1.165) is 24.2 Å². The molecular formula is C21H25FN4O. The van der Waals surface area contributed by atoms with Crippen LogP contribution in [0.15, 0.2) is 36.2 Å². The van der Waals surface area contributed by atoms with Gasteiger partial charge < -0.3 is 21.7 Å². The van der Waals surface area contributed by atoms with Gasteiger partial charge in [-0.3, -0.25) is 4.79 Å². The van der Waals surface area contributed by atoms with Gasteiger partial charge in [-0.05, 0) is 61.4 Å². The summed E-state index contributed by atoms with van der Waals surface area (Å²) >= 11 is 0. The van der Waals surface area contributed by atoms with Crippen LogP contribution in [0, 0.1) is 19.7 Å². The zero-order chi connectivity index (χ0) is 19.7. The molecule has 1 aliphatic rings. The minimum absolute atomic E-state index is 0.105. The van der Waals surface area contributed by atoms with Crippen LogP contribution in [0.5, 0.6) is 0 Å². The van der Waals surface area contributed by atoms with E-state index in [1.165, 1.54) is 6.07 Å². The van der Waals surface area contributed by atoms with Crippen molar-refractivity contribution in [3.8, 4) is 11.1 Å². The monoisotopic (exact) mass is 368 g/mol. The maximum Gasteiger partial charge on any atom is 0.252 e. The number of likely N-dealkylation sites (tertiary alicyclic amines) is 1. The fourth-order valence-corrected chi connectivity index (χ4v) is 3.54. The zero-order valence-corrected chi connectivity index (χ0v) is 15.8. The van der Waals surface area contributed by atoms with E-state index in [2.05, 4.69) is 10.2 Å². The lowest BCUT2D eigenvalue weighted by Crippen LogP contribution is -2.57. The van der Waals surface area contributed by atoms with Crippen LogP contribution in [0.3, 0.4) is 0 Å². The number of rotatable bonds is 4. The largest absolute Gasteiger partial charge is 0.386 e. The van der Waals surface area contributed by atoms with Gasteiger partial charge in [-0.1, -0.05) is 18.2 Å². The highest BCUT2D eigenvalue weighted by Crippen LogP contribution is 2.31. The van der Waals surface area contributed by atoms with Crippen molar-refractivity contribution in [3.05, 3.63) is 64.2 Å². The summed E-state index contributed by atoms with van der Waals surface area (Å²) in [5, 5.41) is 3.03. The first-order chi connectivity index (χ1) is 12.8. The van der Waals surface area contributed by atoms with E-state index in [-0.39, 0.29) is 23.6 Å². The maximum atomic E-state index is 14.5. The number of carbonyl (C=O) groups is 1. The van der Waals surface area contributed by atoms with Crippen LogP contribution in [0.4, 0.5) is 4.39 Å². The summed E-state index contributed by atoms with van der Waals surface area (Å²) in [5.74, 6) is -0.409. The predicted molar refractivity (Wildman–Crippen MR) is 106 cm³/mol. The van der Waals surface area contributed by atoms with Gasteiger partial charge >= 0.3 is 0 Å². The van der Waals surface area contributed by atoms with Gasteiger partial charge in [-0.25, -0.2) is 4.39 Å². The Morgan fingerprint density at radius 1 is 1.22 bits per heavy atom. The summed E-state index contributed by atoms with van der Waals surface area (Å²) in [6.45, 7) is 5.33. The predicted octanol–water partition coefficient (Wildman–Crippen LogP) is 2.37. The average molecular weight is 368 g/mol. The van der Waals surface area contributed by atoms with E-state index in [4.69, 9.17) is 11.5 Å². The first-order valence-electron chi connectivity index (χ1n) is 8.88. The summed E-state index contributed by atoms with van der Waals surface area (Å²) in [6, 6.07) is 8.62. The van der Waals surface area contributed by atoms with Gasteiger partial charge in [0.05, 0.1) is 11.9 Å². The molecule has 1 aliphatic heterocycles. The molecule has 1 saturated heterocycles. The third kappa shape index (κ3) is 3.95. The van der Waals surface area contributed by atoms with Gasteiger partial charge in [-0.15, -0.1) is 0 Å². The molecule has 3 rings (SSSR count). The number of aryl methyl sites for hydroxylation is 2. The van der Waals surface area contributed by atoms with Gasteiger partial charge in [-0.2, -0.15) is 0 Å². The summed E-state index contributed by atoms with van der Waals surface area (Å²) < 4.78 is 14.5. The molecule has 0 aliphatic carbocycles. The number of nitrogens with zero attached hydrogens (tertiary/aromatic N) is 1. The van der Waals surface area contributed by atoms with E-state index in [1.807, 2.05) is 33.0 Å². The molecule has 142 valence electrons. The molecule has 0 saturated carbocycles. The van der Waals surface area contributed by atoms with E-state index in [0.29, 0.717) is 22.3 Å². The Morgan fingerprint density at radius 3 is 2.52 bits per heavy atom. The number of carbonyl (C=O) groups excluding carboxylic acids is 1. The molecule has 0 atom stereocenters. The van der Waals surface area contributed by atoms with Crippen LogP contribution in [-0.2, 0) is 0 Å². The Bertz CT molecular complexity index is 892. The van der Waals surface area contributed by atoms with Gasteiger partial charge in [0.2, 0.25) is 0 Å². The lowest BCUT2D eigenvalue weighted by Gasteiger charge is -2.36. The molecular weight excluding hydrogens is 343 g/mol. The second-order valence-corrected chi connectivity index (χ2v) is 7.22. The van der Waals surface area contributed by atoms with Crippen LogP contribution < -0.4 is 16.8 Å². The number of hydrogen-bond donors (Lipinski definition) is 3. The van der Waals surface area contributed by atoms with E-state index in [9.17, 15) is 9.18 Å². The molecule has 0 spiro atoms. The van der Waals surface area contributed by atoms with E-state index >= 15 is 0 Å². The smallest absolute Gasteiger partial charge is 0.252 e. The minimum atomic E-state index is -0.317. The van der Waals surface area contributed by atoms with Gasteiger partial charge in [0, 0.05) is 24.2 Å². The zero-order valence-electron chi connectivity index (χ0n) is 15.8. The lowest BCUT2D eigenvalue weighted by molar-refractivity contribution is 0.0857. The third-order valence-corrected chi connectivity index (χ3v) is 4.85. The van der Waals surface area contributed by atoms with Crippen molar-refractivity contribution in [1.29, 1.82) is 0 Å². The topological polar surface area (TPSA) is 84.4 Å². The Balaban J connectivity index is 2.09. The van der Waals surface area contributed by atoms with Crippen molar-refractivity contribution in [2.75, 3.05) is 20.1 Å². The molecule has 6 heteroatoms. The highest BCUT2D eigenvalue weighted by molar-refractivity contribution is 6.00. The average Bonchev–Trinajstić information content (AvgIpc) is 2.55. The van der Waals surface area contributed by atoms with Crippen LogP contribution in [-0.4, -0.2) is 37.0 Å². The van der Waals surface area contributed by atoms with Crippen molar-refractivity contribution < 1.29 is 9.18 Å². The van der Waals surface area contributed by atoms with Crippen LogP contribution in [0.1, 0.15) is 27.0 Å². The number of hydrogen-bond acceptors (Lipinski definition) is 4. The molecule has 27 heavy (non-hydrogen) atoms. The number of amides is 1. The Hall–Kier alpha value is -2.86. The molecule has 2 aromatic rings. The summed E-state index contributed by atoms with van der Waals surface area (Å²) in [5.41, 5.74) is 15.2. The second kappa shape index (κ2) is 7.40. The molecule has 1 amide bonds. The third-order valence-electron chi connectivity index (χ3n) is 4.85. The molecule has 0 bridgehead atoms. The molecule has 0 aromatic heterocycles. The summed E-state index contributed by atoms with van der Waals surface area (Å²) in [7, 11) is 2.00.